The smallest absolute Gasteiger partial charge is 0.265 e. The average Bonchev–Trinajstić information content (AvgIpc) is 2.78. The number of carbonyl (C=O) groups is 1. The highest BCUT2D eigenvalue weighted by atomic mass is 32.2. The molecule has 1 amide bonds. The maximum absolute atomic E-state index is 13.0. The van der Waals surface area contributed by atoms with Gasteiger partial charge in [0.1, 0.15) is 0 Å². The molecular formula is C28H35NO3S. The van der Waals surface area contributed by atoms with E-state index in [2.05, 4.69) is 56.7 Å². The first-order valence-electron chi connectivity index (χ1n) is 11.6. The van der Waals surface area contributed by atoms with Crippen LogP contribution in [0.15, 0.2) is 64.6 Å². The van der Waals surface area contributed by atoms with Crippen LogP contribution in [0.5, 0.6) is 0 Å². The SMILES string of the molecule is CCCCCc1c[c]c(C/C=C(\C)CCC=C(C)C)[c]c1C(=O)NS(=O)(=O)c1ccccc1. The third kappa shape index (κ3) is 9.01. The molecule has 2 radical (unpaired) electrons. The lowest BCUT2D eigenvalue weighted by Gasteiger charge is -2.12. The van der Waals surface area contributed by atoms with Crippen molar-refractivity contribution in [3.63, 3.8) is 0 Å². The summed E-state index contributed by atoms with van der Waals surface area (Å²) in [6.45, 7) is 8.40. The highest BCUT2D eigenvalue weighted by molar-refractivity contribution is 7.90. The molecule has 2 aromatic carbocycles. The van der Waals surface area contributed by atoms with Crippen LogP contribution in [0, 0.1) is 12.1 Å². The van der Waals surface area contributed by atoms with Gasteiger partial charge >= 0.3 is 0 Å². The Morgan fingerprint density at radius 3 is 2.45 bits per heavy atom. The summed E-state index contributed by atoms with van der Waals surface area (Å²) in [6, 6.07) is 16.1. The topological polar surface area (TPSA) is 63.2 Å². The van der Waals surface area contributed by atoms with Gasteiger partial charge in [0.25, 0.3) is 15.9 Å². The number of hydrogen-bond acceptors (Lipinski definition) is 3. The van der Waals surface area contributed by atoms with E-state index in [-0.39, 0.29) is 10.5 Å². The minimum atomic E-state index is -3.95. The molecule has 0 aromatic heterocycles. The van der Waals surface area contributed by atoms with Gasteiger partial charge in [-0.3, -0.25) is 4.79 Å². The minimum absolute atomic E-state index is 0.0588. The van der Waals surface area contributed by atoms with Gasteiger partial charge in [0.15, 0.2) is 0 Å². The molecule has 1 N–H and O–H groups in total. The second-order valence-corrected chi connectivity index (χ2v) is 10.3. The van der Waals surface area contributed by atoms with Crippen molar-refractivity contribution in [1.82, 2.24) is 4.72 Å². The largest absolute Gasteiger partial charge is 0.268 e. The molecule has 0 aliphatic rings. The Hall–Kier alpha value is -2.66. The van der Waals surface area contributed by atoms with Crippen LogP contribution in [-0.4, -0.2) is 14.3 Å². The summed E-state index contributed by atoms with van der Waals surface area (Å²) in [5.41, 5.74) is 4.38. The molecule has 0 unspecified atom stereocenters. The molecule has 176 valence electrons. The molecule has 5 heteroatoms. The van der Waals surface area contributed by atoms with Crippen molar-refractivity contribution in [1.29, 1.82) is 0 Å². The lowest BCUT2D eigenvalue weighted by atomic mass is 9.97. The molecule has 4 nitrogen and oxygen atoms in total. The first-order valence-corrected chi connectivity index (χ1v) is 13.1. The Morgan fingerprint density at radius 2 is 1.79 bits per heavy atom. The summed E-state index contributed by atoms with van der Waals surface area (Å²) in [6.07, 6.45) is 10.6. The molecule has 0 aliphatic carbocycles. The van der Waals surface area contributed by atoms with Crippen molar-refractivity contribution in [3.05, 3.63) is 88.5 Å². The van der Waals surface area contributed by atoms with E-state index < -0.39 is 15.9 Å². The van der Waals surface area contributed by atoms with E-state index >= 15 is 0 Å². The summed E-state index contributed by atoms with van der Waals surface area (Å²) < 4.78 is 27.6. The van der Waals surface area contributed by atoms with Crippen molar-refractivity contribution in [3.8, 4) is 0 Å². The standard InChI is InChI=1S/C28H35NO3S/c1-5-6-8-14-25-20-19-24(18-17-23(4)13-11-12-22(2)3)21-27(25)28(30)29-33(31,32)26-15-9-7-10-16-26/h7,9-10,12,15-17,20H,5-6,8,11,13-14,18H2,1-4H3,(H,29,30)/b23-17+. The van der Waals surface area contributed by atoms with Gasteiger partial charge in [-0.2, -0.15) is 0 Å². The van der Waals surface area contributed by atoms with Crippen LogP contribution in [0.2, 0.25) is 0 Å². The molecule has 0 atom stereocenters. The van der Waals surface area contributed by atoms with Crippen LogP contribution in [0.4, 0.5) is 0 Å². The van der Waals surface area contributed by atoms with Crippen molar-refractivity contribution in [2.75, 3.05) is 0 Å². The monoisotopic (exact) mass is 465 g/mol. The van der Waals surface area contributed by atoms with Crippen LogP contribution in [0.1, 0.15) is 81.3 Å². The van der Waals surface area contributed by atoms with Crippen molar-refractivity contribution >= 4 is 15.9 Å². The van der Waals surface area contributed by atoms with Crippen LogP contribution in [0.25, 0.3) is 0 Å². The van der Waals surface area contributed by atoms with E-state index in [1.807, 2.05) is 6.07 Å². The minimum Gasteiger partial charge on any atom is -0.268 e. The summed E-state index contributed by atoms with van der Waals surface area (Å²) in [7, 11) is -3.95. The number of amides is 1. The Kier molecular flexibility index (Phi) is 10.6. The fourth-order valence-electron chi connectivity index (χ4n) is 3.39. The normalized spacial score (nSPS) is 11.8. The van der Waals surface area contributed by atoms with Gasteiger partial charge in [0.05, 0.1) is 10.5 Å². The Morgan fingerprint density at radius 1 is 1.06 bits per heavy atom. The zero-order valence-corrected chi connectivity index (χ0v) is 21.0. The van der Waals surface area contributed by atoms with Gasteiger partial charge in [-0.15, -0.1) is 0 Å². The predicted octanol–water partition coefficient (Wildman–Crippen LogP) is 6.37. The number of hydrogen-bond donors (Lipinski definition) is 1. The molecule has 0 saturated heterocycles. The molecule has 2 aromatic rings. The highest BCUT2D eigenvalue weighted by Gasteiger charge is 2.21. The summed E-state index contributed by atoms with van der Waals surface area (Å²) in [4.78, 5) is 13.1. The third-order valence-electron chi connectivity index (χ3n) is 5.32. The van der Waals surface area contributed by atoms with Gasteiger partial charge in [-0.1, -0.05) is 67.3 Å². The molecule has 0 spiro atoms. The van der Waals surface area contributed by atoms with Gasteiger partial charge in [0.2, 0.25) is 0 Å². The first-order chi connectivity index (χ1) is 15.7. The lowest BCUT2D eigenvalue weighted by Crippen LogP contribution is -2.31. The molecule has 0 aliphatic heterocycles. The molecule has 0 saturated carbocycles. The zero-order chi connectivity index (χ0) is 24.3. The number of nitrogens with one attached hydrogen (secondary N) is 1. The Labute approximate surface area is 199 Å². The Balaban J connectivity index is 2.23. The van der Waals surface area contributed by atoms with Crippen LogP contribution < -0.4 is 4.72 Å². The summed E-state index contributed by atoms with van der Waals surface area (Å²) >= 11 is 0. The second-order valence-electron chi connectivity index (χ2n) is 8.57. The van der Waals surface area contributed by atoms with E-state index in [1.54, 1.807) is 18.2 Å². The van der Waals surface area contributed by atoms with Crippen molar-refractivity contribution in [2.45, 2.75) is 77.5 Å². The van der Waals surface area contributed by atoms with Gasteiger partial charge < -0.3 is 0 Å². The number of benzene rings is 2. The fraction of sp³-hybridized carbons (Fsp3) is 0.393. The molecule has 0 heterocycles. The first kappa shape index (κ1) is 26.6. The molecule has 2 rings (SSSR count). The lowest BCUT2D eigenvalue weighted by molar-refractivity contribution is 0.0980. The predicted molar refractivity (Wildman–Crippen MR) is 135 cm³/mol. The number of unbranched alkanes of at least 4 members (excludes halogenated alkanes) is 2. The molecular weight excluding hydrogens is 430 g/mol. The van der Waals surface area contributed by atoms with Gasteiger partial charge in [0, 0.05) is 0 Å². The third-order valence-corrected chi connectivity index (χ3v) is 6.67. The van der Waals surface area contributed by atoms with E-state index in [0.29, 0.717) is 12.8 Å². The Bertz CT molecular complexity index is 1080. The maximum atomic E-state index is 13.0. The summed E-state index contributed by atoms with van der Waals surface area (Å²) in [5, 5.41) is 0. The number of carbonyl (C=O) groups excluding carboxylic acids is 1. The second kappa shape index (κ2) is 13.1. The maximum Gasteiger partial charge on any atom is 0.265 e. The number of sulfonamides is 1. The number of allylic oxidation sites excluding steroid dienone is 4. The highest BCUT2D eigenvalue weighted by Crippen LogP contribution is 2.18. The van der Waals surface area contributed by atoms with E-state index in [1.165, 1.54) is 23.3 Å². The molecule has 0 bridgehead atoms. The fourth-order valence-corrected chi connectivity index (χ4v) is 4.37. The average molecular weight is 466 g/mol. The quantitative estimate of drug-likeness (QED) is 0.292. The number of rotatable bonds is 12. The van der Waals surface area contributed by atoms with Crippen LogP contribution in [-0.2, 0) is 22.9 Å². The van der Waals surface area contributed by atoms with E-state index in [0.717, 1.165) is 43.2 Å². The van der Waals surface area contributed by atoms with Crippen molar-refractivity contribution in [2.24, 2.45) is 0 Å². The van der Waals surface area contributed by atoms with E-state index in [4.69, 9.17) is 0 Å². The molecule has 33 heavy (non-hydrogen) atoms. The zero-order valence-electron chi connectivity index (χ0n) is 20.2. The van der Waals surface area contributed by atoms with Gasteiger partial charge in [-0.05, 0) is 88.3 Å². The van der Waals surface area contributed by atoms with E-state index in [9.17, 15) is 13.2 Å². The van der Waals surface area contributed by atoms with Crippen LogP contribution in [0.3, 0.4) is 0 Å². The summed E-state index contributed by atoms with van der Waals surface area (Å²) in [5.74, 6) is -0.648. The molecule has 0 fully saturated rings. The van der Waals surface area contributed by atoms with Crippen LogP contribution >= 0.6 is 0 Å². The van der Waals surface area contributed by atoms with Gasteiger partial charge in [-0.25, -0.2) is 13.1 Å². The van der Waals surface area contributed by atoms with Crippen molar-refractivity contribution < 1.29 is 13.2 Å². The number of aryl methyl sites for hydroxylation is 1.